The van der Waals surface area contributed by atoms with Gasteiger partial charge in [-0.3, -0.25) is 0 Å². The van der Waals surface area contributed by atoms with Crippen molar-refractivity contribution in [2.75, 3.05) is 6.54 Å². The lowest BCUT2D eigenvalue weighted by Crippen LogP contribution is -2.09. The molecule has 0 heterocycles. The zero-order valence-corrected chi connectivity index (χ0v) is 11.9. The van der Waals surface area contributed by atoms with E-state index in [4.69, 9.17) is 17.3 Å². The molecule has 0 saturated heterocycles. The van der Waals surface area contributed by atoms with Crippen molar-refractivity contribution in [1.82, 2.24) is 0 Å². The van der Waals surface area contributed by atoms with Crippen LogP contribution in [0.1, 0.15) is 16.4 Å². The molecule has 1 atom stereocenters. The average molecular weight is 296 g/mol. The molecule has 0 fully saturated rings. The highest BCUT2D eigenvalue weighted by Crippen LogP contribution is 2.32. The molecule has 2 aromatic carbocycles. The lowest BCUT2D eigenvalue weighted by atomic mass is 10.1. The summed E-state index contributed by atoms with van der Waals surface area (Å²) in [5.74, 6) is 0.564. The SMILES string of the molecule is NCC(SCc1ccccc1Cl)c1ccc(F)cc1. The van der Waals surface area contributed by atoms with Crippen molar-refractivity contribution >= 4 is 23.4 Å². The Labute approximate surface area is 122 Å². The molecule has 0 aliphatic rings. The van der Waals surface area contributed by atoms with Gasteiger partial charge >= 0.3 is 0 Å². The zero-order chi connectivity index (χ0) is 13.7. The highest BCUT2D eigenvalue weighted by molar-refractivity contribution is 7.98. The molecule has 0 aromatic heterocycles. The van der Waals surface area contributed by atoms with Crippen LogP contribution >= 0.6 is 23.4 Å². The molecule has 0 amide bonds. The first-order chi connectivity index (χ1) is 9.20. The van der Waals surface area contributed by atoms with Crippen LogP contribution < -0.4 is 5.73 Å². The molecular weight excluding hydrogens is 281 g/mol. The third-order valence-electron chi connectivity index (χ3n) is 2.85. The molecule has 2 rings (SSSR count). The summed E-state index contributed by atoms with van der Waals surface area (Å²) in [5, 5.41) is 0.918. The highest BCUT2D eigenvalue weighted by atomic mass is 35.5. The highest BCUT2D eigenvalue weighted by Gasteiger charge is 2.11. The van der Waals surface area contributed by atoms with Gasteiger partial charge < -0.3 is 5.73 Å². The summed E-state index contributed by atoms with van der Waals surface area (Å²) in [7, 11) is 0. The van der Waals surface area contributed by atoms with Crippen LogP contribution in [0, 0.1) is 5.82 Å². The molecule has 2 aromatic rings. The van der Waals surface area contributed by atoms with E-state index in [1.54, 1.807) is 23.9 Å². The minimum atomic E-state index is -0.226. The standard InChI is InChI=1S/C15H15ClFNS/c16-14-4-2-1-3-12(14)10-19-15(9-18)11-5-7-13(17)8-6-11/h1-8,15H,9-10,18H2. The van der Waals surface area contributed by atoms with Gasteiger partial charge in [0.2, 0.25) is 0 Å². The van der Waals surface area contributed by atoms with E-state index in [9.17, 15) is 4.39 Å². The van der Waals surface area contributed by atoms with E-state index >= 15 is 0 Å². The van der Waals surface area contributed by atoms with Crippen LogP contribution in [0.2, 0.25) is 5.02 Å². The molecule has 0 spiro atoms. The molecule has 1 nitrogen and oxygen atoms in total. The third kappa shape index (κ3) is 3.96. The predicted octanol–water partition coefficient (Wildman–Crippen LogP) is 4.41. The van der Waals surface area contributed by atoms with Crippen molar-refractivity contribution < 1.29 is 4.39 Å². The maximum atomic E-state index is 12.9. The van der Waals surface area contributed by atoms with Gasteiger partial charge in [-0.05, 0) is 29.3 Å². The van der Waals surface area contributed by atoms with Crippen LogP contribution in [0.3, 0.4) is 0 Å². The Morgan fingerprint density at radius 3 is 2.42 bits per heavy atom. The first kappa shape index (κ1) is 14.4. The Morgan fingerprint density at radius 2 is 1.79 bits per heavy atom. The van der Waals surface area contributed by atoms with Crippen molar-refractivity contribution in [3.8, 4) is 0 Å². The lowest BCUT2D eigenvalue weighted by Gasteiger charge is -2.15. The molecule has 0 aliphatic heterocycles. The minimum absolute atomic E-state index is 0.150. The van der Waals surface area contributed by atoms with Gasteiger partial charge in [-0.25, -0.2) is 4.39 Å². The summed E-state index contributed by atoms with van der Waals surface area (Å²) in [5.41, 5.74) is 7.93. The van der Waals surface area contributed by atoms with E-state index in [0.717, 1.165) is 21.9 Å². The van der Waals surface area contributed by atoms with Crippen molar-refractivity contribution in [3.63, 3.8) is 0 Å². The number of rotatable bonds is 5. The maximum Gasteiger partial charge on any atom is 0.123 e. The summed E-state index contributed by atoms with van der Waals surface area (Å²) in [6, 6.07) is 14.3. The summed E-state index contributed by atoms with van der Waals surface area (Å²) in [6.45, 7) is 0.515. The second-order valence-electron chi connectivity index (χ2n) is 4.18. The van der Waals surface area contributed by atoms with Crippen molar-refractivity contribution in [1.29, 1.82) is 0 Å². The Kier molecular flexibility index (Phi) is 5.25. The quantitative estimate of drug-likeness (QED) is 0.884. The third-order valence-corrected chi connectivity index (χ3v) is 4.57. The van der Waals surface area contributed by atoms with E-state index in [-0.39, 0.29) is 11.1 Å². The van der Waals surface area contributed by atoms with Gasteiger partial charge in [0.05, 0.1) is 0 Å². The molecule has 0 bridgehead atoms. The topological polar surface area (TPSA) is 26.0 Å². The molecule has 4 heteroatoms. The molecule has 1 unspecified atom stereocenters. The summed E-state index contributed by atoms with van der Waals surface area (Å²) < 4.78 is 12.9. The first-order valence-corrected chi connectivity index (χ1v) is 7.44. The smallest absolute Gasteiger partial charge is 0.123 e. The van der Waals surface area contributed by atoms with Crippen LogP contribution in [0.15, 0.2) is 48.5 Å². The number of thioether (sulfide) groups is 1. The van der Waals surface area contributed by atoms with E-state index < -0.39 is 0 Å². The fourth-order valence-electron chi connectivity index (χ4n) is 1.78. The normalized spacial score (nSPS) is 12.4. The van der Waals surface area contributed by atoms with Gasteiger partial charge in [0.25, 0.3) is 0 Å². The fourth-order valence-corrected chi connectivity index (χ4v) is 3.18. The van der Waals surface area contributed by atoms with E-state index in [2.05, 4.69) is 0 Å². The maximum absolute atomic E-state index is 12.9. The molecule has 100 valence electrons. The largest absolute Gasteiger partial charge is 0.329 e. The monoisotopic (exact) mass is 295 g/mol. The number of hydrogen-bond acceptors (Lipinski definition) is 2. The fraction of sp³-hybridized carbons (Fsp3) is 0.200. The van der Waals surface area contributed by atoms with Gasteiger partial charge in [-0.2, -0.15) is 0 Å². The molecule has 0 aliphatic carbocycles. The van der Waals surface area contributed by atoms with Gasteiger partial charge in [-0.1, -0.05) is 41.9 Å². The van der Waals surface area contributed by atoms with Crippen LogP contribution in [-0.2, 0) is 5.75 Å². The van der Waals surface area contributed by atoms with Crippen LogP contribution in [0.4, 0.5) is 4.39 Å². The average Bonchev–Trinajstić information content (AvgIpc) is 2.43. The van der Waals surface area contributed by atoms with Crippen LogP contribution in [0.25, 0.3) is 0 Å². The lowest BCUT2D eigenvalue weighted by molar-refractivity contribution is 0.627. The number of hydrogen-bond donors (Lipinski definition) is 1. The predicted molar refractivity (Wildman–Crippen MR) is 80.9 cm³/mol. The number of benzene rings is 2. The number of halogens is 2. The van der Waals surface area contributed by atoms with Gasteiger partial charge in [-0.15, -0.1) is 11.8 Å². The van der Waals surface area contributed by atoms with Crippen molar-refractivity contribution in [2.45, 2.75) is 11.0 Å². The van der Waals surface area contributed by atoms with Gasteiger partial charge in [0.15, 0.2) is 0 Å². The molecule has 19 heavy (non-hydrogen) atoms. The molecule has 0 saturated carbocycles. The Morgan fingerprint density at radius 1 is 1.11 bits per heavy atom. The molecule has 0 radical (unpaired) electrons. The van der Waals surface area contributed by atoms with Crippen LogP contribution in [-0.4, -0.2) is 6.54 Å². The summed E-state index contributed by atoms with van der Waals surface area (Å²) >= 11 is 7.84. The van der Waals surface area contributed by atoms with Gasteiger partial charge in [0.1, 0.15) is 5.82 Å². The minimum Gasteiger partial charge on any atom is -0.329 e. The second kappa shape index (κ2) is 6.94. The Bertz CT molecular complexity index is 530. The molecule has 2 N–H and O–H groups in total. The molecular formula is C15H15ClFNS. The summed E-state index contributed by atoms with van der Waals surface area (Å²) in [6.07, 6.45) is 0. The second-order valence-corrected chi connectivity index (χ2v) is 5.78. The summed E-state index contributed by atoms with van der Waals surface area (Å²) in [4.78, 5) is 0. The van der Waals surface area contributed by atoms with E-state index in [0.29, 0.717) is 6.54 Å². The van der Waals surface area contributed by atoms with Gasteiger partial charge in [0, 0.05) is 22.6 Å². The first-order valence-electron chi connectivity index (χ1n) is 6.01. The van der Waals surface area contributed by atoms with E-state index in [1.165, 1.54) is 12.1 Å². The van der Waals surface area contributed by atoms with Crippen LogP contribution in [0.5, 0.6) is 0 Å². The van der Waals surface area contributed by atoms with E-state index in [1.807, 2.05) is 24.3 Å². The van der Waals surface area contributed by atoms with Crippen molar-refractivity contribution in [2.24, 2.45) is 5.73 Å². The Balaban J connectivity index is 2.04. The number of nitrogens with two attached hydrogens (primary N) is 1. The van der Waals surface area contributed by atoms with Crippen molar-refractivity contribution in [3.05, 3.63) is 70.5 Å². The zero-order valence-electron chi connectivity index (χ0n) is 10.4. The Hall–Kier alpha value is -1.03.